The van der Waals surface area contributed by atoms with Gasteiger partial charge in [-0.2, -0.15) is 4.98 Å². The Hall–Kier alpha value is -2.94. The van der Waals surface area contributed by atoms with E-state index in [1.807, 2.05) is 18.2 Å². The summed E-state index contributed by atoms with van der Waals surface area (Å²) in [7, 11) is 1.75. The summed E-state index contributed by atoms with van der Waals surface area (Å²) in [4.78, 5) is 33.9. The molecule has 9 nitrogen and oxygen atoms in total. The molecule has 0 spiro atoms. The van der Waals surface area contributed by atoms with E-state index in [-0.39, 0.29) is 23.8 Å². The van der Waals surface area contributed by atoms with Crippen molar-refractivity contribution in [1.29, 1.82) is 0 Å². The number of rotatable bonds is 9. The normalized spacial score (nSPS) is 23.3. The van der Waals surface area contributed by atoms with Crippen LogP contribution in [-0.4, -0.2) is 71.8 Å². The van der Waals surface area contributed by atoms with E-state index in [9.17, 15) is 9.59 Å². The van der Waals surface area contributed by atoms with E-state index in [1.54, 1.807) is 31.0 Å². The smallest absolute Gasteiger partial charge is 0.324 e. The Morgan fingerprint density at radius 1 is 1.26 bits per heavy atom. The zero-order valence-corrected chi connectivity index (χ0v) is 21.2. The third-order valence-electron chi connectivity index (χ3n) is 7.19. The zero-order chi connectivity index (χ0) is 25.0. The molecule has 9 heteroatoms. The molecule has 2 amide bonds. The zero-order valence-electron chi connectivity index (χ0n) is 21.2. The second-order valence-electron chi connectivity index (χ2n) is 10.2. The predicted octanol–water partition coefficient (Wildman–Crippen LogP) is 3.24. The van der Waals surface area contributed by atoms with Crippen LogP contribution in [0.4, 0.5) is 6.01 Å². The van der Waals surface area contributed by atoms with Crippen molar-refractivity contribution in [3.8, 4) is 0 Å². The highest BCUT2D eigenvalue weighted by Gasteiger charge is 2.51. The number of carbonyl (C=O) groups excluding carboxylic acids is 2. The molecule has 3 heterocycles. The molecule has 2 aromatic rings. The minimum absolute atomic E-state index is 0.124. The lowest BCUT2D eigenvalue weighted by Crippen LogP contribution is -2.58. The van der Waals surface area contributed by atoms with Crippen LogP contribution in [0.15, 0.2) is 34.9 Å². The molecule has 1 N–H and O–H groups in total. The van der Waals surface area contributed by atoms with E-state index < -0.39 is 5.54 Å². The number of amides is 2. The first-order chi connectivity index (χ1) is 16.8. The van der Waals surface area contributed by atoms with Crippen molar-refractivity contribution in [2.75, 3.05) is 38.2 Å². The molecule has 2 fully saturated rings. The molecule has 4 rings (SSSR count). The number of aromatic nitrogens is 2. The van der Waals surface area contributed by atoms with Gasteiger partial charge >= 0.3 is 6.01 Å². The number of likely N-dealkylation sites (tertiary alicyclic amines) is 1. The molecule has 1 aromatic carbocycles. The molecule has 1 unspecified atom stereocenters. The van der Waals surface area contributed by atoms with Crippen molar-refractivity contribution in [2.45, 2.75) is 64.0 Å². The highest BCUT2D eigenvalue weighted by Crippen LogP contribution is 2.28. The van der Waals surface area contributed by atoms with Gasteiger partial charge in [-0.15, -0.1) is 0 Å². The summed E-state index contributed by atoms with van der Waals surface area (Å²) < 4.78 is 11.6. The van der Waals surface area contributed by atoms with E-state index in [2.05, 4.69) is 34.2 Å². The minimum Gasteiger partial charge on any atom is -0.373 e. The second-order valence-corrected chi connectivity index (χ2v) is 10.2. The first-order valence-corrected chi connectivity index (χ1v) is 12.6. The van der Waals surface area contributed by atoms with Gasteiger partial charge in [0.15, 0.2) is 5.82 Å². The van der Waals surface area contributed by atoms with Crippen molar-refractivity contribution in [1.82, 2.24) is 20.4 Å². The van der Waals surface area contributed by atoms with Gasteiger partial charge in [0.05, 0.1) is 0 Å². The van der Waals surface area contributed by atoms with E-state index >= 15 is 0 Å². The maximum Gasteiger partial charge on any atom is 0.324 e. The number of hydrogen-bond acceptors (Lipinski definition) is 7. The van der Waals surface area contributed by atoms with Crippen LogP contribution in [0.2, 0.25) is 0 Å². The van der Waals surface area contributed by atoms with Crippen molar-refractivity contribution in [3.63, 3.8) is 0 Å². The number of likely N-dealkylation sites (N-methyl/N-ethyl adjacent to an activating group) is 1. The third kappa shape index (κ3) is 5.66. The molecule has 2 aliphatic rings. The summed E-state index contributed by atoms with van der Waals surface area (Å²) in [6, 6.07) is 9.58. The Morgan fingerprint density at radius 3 is 2.63 bits per heavy atom. The number of piperidine rings is 1. The Morgan fingerprint density at radius 2 is 1.97 bits per heavy atom. The molecular weight excluding hydrogens is 446 g/mol. The molecular formula is C26H37N5O4. The SMILES string of the molecule is CC(C)c1noc(N2CCC(CCCOC3CN(C)C(=O)[C@]3(C)NC(=O)c3ccccc3)CC2)n1. The largest absolute Gasteiger partial charge is 0.373 e. The molecule has 190 valence electrons. The molecule has 1 aromatic heterocycles. The Labute approximate surface area is 207 Å². The number of ether oxygens (including phenoxy) is 1. The van der Waals surface area contributed by atoms with Gasteiger partial charge in [-0.1, -0.05) is 37.2 Å². The van der Waals surface area contributed by atoms with Gasteiger partial charge in [-0.3, -0.25) is 9.59 Å². The third-order valence-corrected chi connectivity index (χ3v) is 7.19. The molecule has 2 saturated heterocycles. The number of nitrogens with zero attached hydrogens (tertiary/aromatic N) is 4. The molecule has 0 aliphatic carbocycles. The fraction of sp³-hybridized carbons (Fsp3) is 0.615. The number of anilines is 1. The average molecular weight is 484 g/mol. The van der Waals surface area contributed by atoms with Crippen LogP contribution in [0.3, 0.4) is 0 Å². The quantitative estimate of drug-likeness (QED) is 0.547. The maximum absolute atomic E-state index is 12.9. The van der Waals surface area contributed by atoms with Crippen molar-refractivity contribution >= 4 is 17.8 Å². The highest BCUT2D eigenvalue weighted by atomic mass is 16.5. The standard InChI is InChI=1S/C26H37N5O4/c1-18(2)22-27-25(35-29-22)31-14-12-19(13-15-31)9-8-16-34-21-17-30(4)24(33)26(21,3)28-23(32)20-10-6-5-7-11-20/h5-7,10-11,18-19,21H,8-9,12-17H2,1-4H3,(H,28,32)/t21?,26-/m1/s1. The molecule has 2 aliphatic heterocycles. The maximum atomic E-state index is 12.9. The van der Waals surface area contributed by atoms with Crippen LogP contribution in [-0.2, 0) is 9.53 Å². The van der Waals surface area contributed by atoms with Gasteiger partial charge in [0, 0.05) is 44.8 Å². The summed E-state index contributed by atoms with van der Waals surface area (Å²) in [5.41, 5.74) is -0.548. The Bertz CT molecular complexity index is 1000. The number of nitrogens with one attached hydrogen (secondary N) is 1. The van der Waals surface area contributed by atoms with Crippen molar-refractivity contribution in [2.24, 2.45) is 5.92 Å². The Balaban J connectivity index is 1.23. The van der Waals surface area contributed by atoms with Gasteiger partial charge in [0.2, 0.25) is 0 Å². The lowest BCUT2D eigenvalue weighted by atomic mass is 9.92. The lowest BCUT2D eigenvalue weighted by Gasteiger charge is -2.31. The predicted molar refractivity (Wildman–Crippen MR) is 132 cm³/mol. The summed E-state index contributed by atoms with van der Waals surface area (Å²) in [6.45, 7) is 8.73. The molecule has 35 heavy (non-hydrogen) atoms. The van der Waals surface area contributed by atoms with Crippen molar-refractivity contribution < 1.29 is 18.8 Å². The Kier molecular flexibility index (Phi) is 7.74. The van der Waals surface area contributed by atoms with E-state index in [4.69, 9.17) is 9.26 Å². The molecule has 2 atom stereocenters. The molecule has 0 bridgehead atoms. The van der Waals surface area contributed by atoms with Gasteiger partial charge in [-0.05, 0) is 50.7 Å². The monoisotopic (exact) mass is 483 g/mol. The van der Waals surface area contributed by atoms with Crippen LogP contribution in [0.1, 0.15) is 68.6 Å². The molecule has 0 saturated carbocycles. The summed E-state index contributed by atoms with van der Waals surface area (Å²) in [6.07, 6.45) is 3.75. The van der Waals surface area contributed by atoms with Crippen LogP contribution >= 0.6 is 0 Å². The van der Waals surface area contributed by atoms with Crippen LogP contribution < -0.4 is 10.2 Å². The average Bonchev–Trinajstić information content (AvgIpc) is 3.43. The molecule has 0 radical (unpaired) electrons. The van der Waals surface area contributed by atoms with Gasteiger partial charge in [0.1, 0.15) is 11.6 Å². The van der Waals surface area contributed by atoms with Gasteiger partial charge in [-0.25, -0.2) is 0 Å². The fourth-order valence-corrected chi connectivity index (χ4v) is 4.90. The lowest BCUT2D eigenvalue weighted by molar-refractivity contribution is -0.132. The first kappa shape index (κ1) is 25.2. The summed E-state index contributed by atoms with van der Waals surface area (Å²) in [5.74, 6) is 1.25. The summed E-state index contributed by atoms with van der Waals surface area (Å²) >= 11 is 0. The second kappa shape index (κ2) is 10.8. The van der Waals surface area contributed by atoms with E-state index in [1.165, 1.54) is 0 Å². The topological polar surface area (TPSA) is 101 Å². The van der Waals surface area contributed by atoms with Gasteiger partial charge in [0.25, 0.3) is 11.8 Å². The van der Waals surface area contributed by atoms with Crippen LogP contribution in [0.5, 0.6) is 0 Å². The van der Waals surface area contributed by atoms with Crippen molar-refractivity contribution in [3.05, 3.63) is 41.7 Å². The number of benzene rings is 1. The summed E-state index contributed by atoms with van der Waals surface area (Å²) in [5, 5.41) is 7.01. The first-order valence-electron chi connectivity index (χ1n) is 12.6. The van der Waals surface area contributed by atoms with Gasteiger partial charge < -0.3 is 24.4 Å². The van der Waals surface area contributed by atoms with E-state index in [0.29, 0.717) is 30.6 Å². The number of carbonyl (C=O) groups is 2. The fourth-order valence-electron chi connectivity index (χ4n) is 4.90. The minimum atomic E-state index is -1.08. The van der Waals surface area contributed by atoms with Crippen LogP contribution in [0.25, 0.3) is 0 Å². The highest BCUT2D eigenvalue weighted by molar-refractivity contribution is 6.00. The van der Waals surface area contributed by atoms with Crippen LogP contribution in [0, 0.1) is 5.92 Å². The number of hydrogen-bond donors (Lipinski definition) is 1. The van der Waals surface area contributed by atoms with E-state index in [0.717, 1.165) is 44.6 Å².